The molecule has 0 atom stereocenters. The maximum absolute atomic E-state index is 3.36. The minimum Gasteiger partial charge on any atom is -0.0991 e. The third kappa shape index (κ3) is 4.32. The summed E-state index contributed by atoms with van der Waals surface area (Å²) >= 11 is 0. The number of allylic oxidation sites excluding steroid dienone is 2. The van der Waals surface area contributed by atoms with Crippen LogP contribution in [0.25, 0.3) is 0 Å². The average molecular weight is 174 g/mol. The molecule has 1 aromatic carbocycles. The molecule has 0 heterocycles. The van der Waals surface area contributed by atoms with E-state index in [9.17, 15) is 0 Å². The molecular weight excluding hydrogens is 156 g/mol. The van der Waals surface area contributed by atoms with E-state index in [-0.39, 0.29) is 0 Å². The van der Waals surface area contributed by atoms with Gasteiger partial charge >= 0.3 is 0 Å². The Labute approximate surface area is 81.6 Å². The molecule has 0 saturated heterocycles. The molecule has 1 rings (SSSR count). The van der Waals surface area contributed by atoms with Gasteiger partial charge in [0.2, 0.25) is 0 Å². The Morgan fingerprint density at radius 2 is 1.31 bits per heavy atom. The zero-order valence-electron chi connectivity index (χ0n) is 8.80. The molecule has 0 aromatic heterocycles. The summed E-state index contributed by atoms with van der Waals surface area (Å²) in [6.07, 6.45) is 3.28. The first-order valence-corrected chi connectivity index (χ1v) is 4.39. The summed E-state index contributed by atoms with van der Waals surface area (Å²) in [5.74, 6) is 0. The van der Waals surface area contributed by atoms with Crippen molar-refractivity contribution in [3.63, 3.8) is 0 Å². The van der Waals surface area contributed by atoms with Crippen molar-refractivity contribution in [2.75, 3.05) is 0 Å². The number of benzene rings is 1. The van der Waals surface area contributed by atoms with E-state index >= 15 is 0 Å². The third-order valence-corrected chi connectivity index (χ3v) is 2.04. The lowest BCUT2D eigenvalue weighted by Gasteiger charge is -2.00. The Hall–Kier alpha value is -1.30. The van der Waals surface area contributed by atoms with E-state index in [1.807, 2.05) is 0 Å². The van der Waals surface area contributed by atoms with Crippen molar-refractivity contribution in [3.8, 4) is 0 Å². The van der Waals surface area contributed by atoms with E-state index < -0.39 is 0 Å². The Balaban J connectivity index is 0.000000310. The molecule has 0 aliphatic heterocycles. The minimum absolute atomic E-state index is 1.38. The van der Waals surface area contributed by atoms with Gasteiger partial charge in [-0.1, -0.05) is 43.5 Å². The number of aryl methyl sites for hydroxylation is 2. The van der Waals surface area contributed by atoms with Gasteiger partial charge in [-0.25, -0.2) is 0 Å². The highest BCUT2D eigenvalue weighted by Crippen LogP contribution is 2.09. The lowest BCUT2D eigenvalue weighted by atomic mass is 10.1. The van der Waals surface area contributed by atoms with Gasteiger partial charge in [0.25, 0.3) is 0 Å². The minimum atomic E-state index is 1.38. The largest absolute Gasteiger partial charge is 0.0991 e. The van der Waals surface area contributed by atoms with Crippen LogP contribution in [0.1, 0.15) is 16.7 Å². The summed E-state index contributed by atoms with van der Waals surface area (Å²) in [5.41, 5.74) is 4.18. The Morgan fingerprint density at radius 3 is 1.54 bits per heavy atom. The molecule has 0 radical (unpaired) electrons. The maximum atomic E-state index is 3.36. The van der Waals surface area contributed by atoms with Gasteiger partial charge in [0.15, 0.2) is 0 Å². The summed E-state index contributed by atoms with van der Waals surface area (Å²) in [6.45, 7) is 13.2. The molecule has 0 spiro atoms. The van der Waals surface area contributed by atoms with Gasteiger partial charge in [-0.3, -0.25) is 0 Å². The third-order valence-electron chi connectivity index (χ3n) is 2.04. The summed E-state index contributed by atoms with van der Waals surface area (Å²) in [6, 6.07) is 6.38. The molecule has 0 aliphatic carbocycles. The van der Waals surface area contributed by atoms with Gasteiger partial charge < -0.3 is 0 Å². The van der Waals surface area contributed by atoms with Crippen LogP contribution in [0.4, 0.5) is 0 Å². The second kappa shape index (κ2) is 6.24. The predicted octanol–water partition coefficient (Wildman–Crippen LogP) is 3.97. The van der Waals surface area contributed by atoms with Crippen molar-refractivity contribution in [3.05, 3.63) is 60.2 Å². The SMILES string of the molecule is C=CC=C.Cc1cccc(C)c1C. The van der Waals surface area contributed by atoms with Gasteiger partial charge in [0.05, 0.1) is 0 Å². The molecule has 0 saturated carbocycles. The van der Waals surface area contributed by atoms with Crippen molar-refractivity contribution in [1.82, 2.24) is 0 Å². The molecule has 0 fully saturated rings. The number of rotatable bonds is 1. The van der Waals surface area contributed by atoms with E-state index in [0.717, 1.165) is 0 Å². The van der Waals surface area contributed by atoms with Gasteiger partial charge in [0.1, 0.15) is 0 Å². The van der Waals surface area contributed by atoms with Crippen LogP contribution in [-0.4, -0.2) is 0 Å². The molecule has 0 heteroatoms. The summed E-state index contributed by atoms with van der Waals surface area (Å²) in [7, 11) is 0. The molecule has 0 bridgehead atoms. The van der Waals surface area contributed by atoms with Crippen LogP contribution < -0.4 is 0 Å². The molecule has 70 valence electrons. The van der Waals surface area contributed by atoms with Crippen LogP contribution in [0.15, 0.2) is 43.5 Å². The van der Waals surface area contributed by atoms with Crippen LogP contribution in [0.3, 0.4) is 0 Å². The molecular formula is C13H18. The summed E-state index contributed by atoms with van der Waals surface area (Å²) in [5, 5.41) is 0. The van der Waals surface area contributed by atoms with E-state index in [4.69, 9.17) is 0 Å². The predicted molar refractivity (Wildman–Crippen MR) is 61.0 cm³/mol. The van der Waals surface area contributed by atoms with Crippen LogP contribution in [-0.2, 0) is 0 Å². The second-order valence-electron chi connectivity index (χ2n) is 2.99. The van der Waals surface area contributed by atoms with Gasteiger partial charge in [-0.2, -0.15) is 0 Å². The van der Waals surface area contributed by atoms with Crippen LogP contribution in [0.5, 0.6) is 0 Å². The van der Waals surface area contributed by atoms with Gasteiger partial charge in [-0.15, -0.1) is 0 Å². The fraction of sp³-hybridized carbons (Fsp3) is 0.231. The lowest BCUT2D eigenvalue weighted by Crippen LogP contribution is -1.82. The van der Waals surface area contributed by atoms with Crippen molar-refractivity contribution in [2.24, 2.45) is 0 Å². The first-order valence-electron chi connectivity index (χ1n) is 4.39. The first-order chi connectivity index (χ1) is 6.13. The fourth-order valence-electron chi connectivity index (χ4n) is 0.898. The average Bonchev–Trinajstić information content (AvgIpc) is 2.14. The van der Waals surface area contributed by atoms with E-state index in [0.29, 0.717) is 0 Å². The Kier molecular flexibility index (Phi) is 5.62. The molecule has 0 amide bonds. The van der Waals surface area contributed by atoms with Crippen LogP contribution in [0.2, 0.25) is 0 Å². The first kappa shape index (κ1) is 11.7. The van der Waals surface area contributed by atoms with Crippen molar-refractivity contribution < 1.29 is 0 Å². The smallest absolute Gasteiger partial charge is 0.0392 e. The summed E-state index contributed by atoms with van der Waals surface area (Å²) < 4.78 is 0. The highest BCUT2D eigenvalue weighted by Gasteiger charge is 1.91. The Bertz CT molecular complexity index is 256. The van der Waals surface area contributed by atoms with E-state index in [1.54, 1.807) is 12.2 Å². The van der Waals surface area contributed by atoms with Gasteiger partial charge in [-0.05, 0) is 37.5 Å². The van der Waals surface area contributed by atoms with Crippen molar-refractivity contribution >= 4 is 0 Å². The normalized spacial score (nSPS) is 8.23. The molecule has 0 aliphatic rings. The second-order valence-corrected chi connectivity index (χ2v) is 2.99. The number of hydrogen-bond donors (Lipinski definition) is 0. The van der Waals surface area contributed by atoms with Crippen molar-refractivity contribution in [2.45, 2.75) is 20.8 Å². The highest BCUT2D eigenvalue weighted by molar-refractivity contribution is 5.31. The molecule has 13 heavy (non-hydrogen) atoms. The molecule has 0 unspecified atom stereocenters. The molecule has 0 nitrogen and oxygen atoms in total. The fourth-order valence-corrected chi connectivity index (χ4v) is 0.898. The topological polar surface area (TPSA) is 0 Å². The molecule has 1 aromatic rings. The zero-order chi connectivity index (χ0) is 10.3. The molecule has 0 N–H and O–H groups in total. The standard InChI is InChI=1S/C9H12.C4H6/c1-7-5-4-6-8(2)9(7)3;1-3-4-2/h4-6H,1-3H3;3-4H,1-2H2. The lowest BCUT2D eigenvalue weighted by molar-refractivity contribution is 1.27. The Morgan fingerprint density at radius 1 is 0.923 bits per heavy atom. The van der Waals surface area contributed by atoms with Crippen LogP contribution >= 0.6 is 0 Å². The maximum Gasteiger partial charge on any atom is -0.0392 e. The van der Waals surface area contributed by atoms with E-state index in [1.165, 1.54) is 16.7 Å². The monoisotopic (exact) mass is 174 g/mol. The van der Waals surface area contributed by atoms with Crippen molar-refractivity contribution in [1.29, 1.82) is 0 Å². The number of hydrogen-bond acceptors (Lipinski definition) is 0. The highest BCUT2D eigenvalue weighted by atomic mass is 14.0. The summed E-state index contributed by atoms with van der Waals surface area (Å²) in [4.78, 5) is 0. The van der Waals surface area contributed by atoms with E-state index in [2.05, 4.69) is 52.1 Å². The van der Waals surface area contributed by atoms with Crippen LogP contribution in [0, 0.1) is 20.8 Å². The quantitative estimate of drug-likeness (QED) is 0.565. The van der Waals surface area contributed by atoms with Gasteiger partial charge in [0, 0.05) is 0 Å². The zero-order valence-corrected chi connectivity index (χ0v) is 8.80.